The Balaban J connectivity index is 2.01. The van der Waals surface area contributed by atoms with Crippen molar-refractivity contribution in [2.75, 3.05) is 18.4 Å². The zero-order valence-corrected chi connectivity index (χ0v) is 12.8. The van der Waals surface area contributed by atoms with Crippen molar-refractivity contribution in [3.8, 4) is 0 Å². The highest BCUT2D eigenvalue weighted by Crippen LogP contribution is 2.22. The summed E-state index contributed by atoms with van der Waals surface area (Å²) in [5, 5.41) is 12.7. The van der Waals surface area contributed by atoms with E-state index in [1.54, 1.807) is 4.90 Å². The number of nitrogens with one attached hydrogen (secondary N) is 1. The minimum Gasteiger partial charge on any atom is -0.391 e. The molecule has 0 aliphatic carbocycles. The van der Waals surface area contributed by atoms with Crippen molar-refractivity contribution < 1.29 is 9.90 Å². The summed E-state index contributed by atoms with van der Waals surface area (Å²) in [6.45, 7) is 5.06. The van der Waals surface area contributed by atoms with Gasteiger partial charge in [0.2, 0.25) is 0 Å². The maximum atomic E-state index is 12.1. The SMILES string of the molecule is Cc1cc(Br)ccc1NC(=O)N1CCC(C)C(O)C1. The summed E-state index contributed by atoms with van der Waals surface area (Å²) >= 11 is 3.40. The molecule has 2 N–H and O–H groups in total. The van der Waals surface area contributed by atoms with Gasteiger partial charge in [-0.25, -0.2) is 4.79 Å². The van der Waals surface area contributed by atoms with Gasteiger partial charge in [0.15, 0.2) is 0 Å². The van der Waals surface area contributed by atoms with Gasteiger partial charge in [0.05, 0.1) is 6.10 Å². The molecule has 1 fully saturated rings. The molecule has 0 spiro atoms. The van der Waals surface area contributed by atoms with Crippen LogP contribution in [0.5, 0.6) is 0 Å². The van der Waals surface area contributed by atoms with E-state index >= 15 is 0 Å². The molecule has 1 heterocycles. The van der Waals surface area contributed by atoms with Crippen molar-refractivity contribution >= 4 is 27.6 Å². The summed E-state index contributed by atoms with van der Waals surface area (Å²) in [6, 6.07) is 5.59. The van der Waals surface area contributed by atoms with Gasteiger partial charge >= 0.3 is 6.03 Å². The molecule has 0 bridgehead atoms. The molecular weight excluding hydrogens is 308 g/mol. The monoisotopic (exact) mass is 326 g/mol. The average molecular weight is 327 g/mol. The highest BCUT2D eigenvalue weighted by atomic mass is 79.9. The van der Waals surface area contributed by atoms with Gasteiger partial charge in [0.1, 0.15) is 0 Å². The van der Waals surface area contributed by atoms with E-state index in [0.717, 1.165) is 22.1 Å². The summed E-state index contributed by atoms with van der Waals surface area (Å²) in [6.07, 6.45) is 0.416. The number of carbonyl (C=O) groups excluding carboxylic acids is 1. The van der Waals surface area contributed by atoms with Gasteiger partial charge in [0, 0.05) is 23.2 Å². The van der Waals surface area contributed by atoms with Crippen LogP contribution in [0.2, 0.25) is 0 Å². The van der Waals surface area contributed by atoms with Crippen LogP contribution in [0.1, 0.15) is 18.9 Å². The first-order valence-corrected chi connectivity index (χ1v) is 7.27. The minimum absolute atomic E-state index is 0.142. The summed E-state index contributed by atoms with van der Waals surface area (Å²) in [7, 11) is 0. The molecule has 1 aromatic carbocycles. The summed E-state index contributed by atoms with van der Waals surface area (Å²) < 4.78 is 0.991. The van der Waals surface area contributed by atoms with E-state index < -0.39 is 6.10 Å². The number of hydrogen-bond donors (Lipinski definition) is 2. The summed E-state index contributed by atoms with van der Waals surface area (Å²) in [4.78, 5) is 13.8. The number of aliphatic hydroxyl groups is 1. The summed E-state index contributed by atoms with van der Waals surface area (Å²) in [5.74, 6) is 0.262. The van der Waals surface area contributed by atoms with E-state index in [1.807, 2.05) is 32.0 Å². The summed E-state index contributed by atoms with van der Waals surface area (Å²) in [5.41, 5.74) is 1.81. The lowest BCUT2D eigenvalue weighted by Crippen LogP contribution is -2.47. The number of anilines is 1. The number of aliphatic hydroxyl groups excluding tert-OH is 1. The number of carbonyl (C=O) groups is 1. The van der Waals surface area contributed by atoms with Gasteiger partial charge in [-0.1, -0.05) is 22.9 Å². The number of halogens is 1. The van der Waals surface area contributed by atoms with E-state index in [-0.39, 0.29) is 11.9 Å². The number of amides is 2. The third-order valence-electron chi connectivity index (χ3n) is 3.64. The second-order valence-corrected chi connectivity index (χ2v) is 6.08. The molecule has 0 aromatic heterocycles. The van der Waals surface area contributed by atoms with Gasteiger partial charge in [-0.3, -0.25) is 0 Å². The average Bonchev–Trinajstić information content (AvgIpc) is 2.36. The molecule has 1 aliphatic heterocycles. The fraction of sp³-hybridized carbons (Fsp3) is 0.500. The molecule has 104 valence electrons. The van der Waals surface area contributed by atoms with Crippen LogP contribution in [0.25, 0.3) is 0 Å². The zero-order valence-electron chi connectivity index (χ0n) is 11.2. The number of likely N-dealkylation sites (tertiary alicyclic amines) is 1. The van der Waals surface area contributed by atoms with Crippen molar-refractivity contribution in [1.29, 1.82) is 0 Å². The first-order valence-electron chi connectivity index (χ1n) is 6.47. The fourth-order valence-electron chi connectivity index (χ4n) is 2.19. The third kappa shape index (κ3) is 3.48. The number of piperidine rings is 1. The van der Waals surface area contributed by atoms with E-state index in [9.17, 15) is 9.90 Å². The number of β-amino-alcohol motifs (C(OH)–C–C–N with tert-alkyl or cyclic N) is 1. The standard InChI is InChI=1S/C14H19BrN2O2/c1-9-5-6-17(8-13(9)18)14(19)16-12-4-3-11(15)7-10(12)2/h3-4,7,9,13,18H,5-6,8H2,1-2H3,(H,16,19). The molecule has 2 rings (SSSR count). The van der Waals surface area contributed by atoms with Crippen molar-refractivity contribution in [3.05, 3.63) is 28.2 Å². The van der Waals surface area contributed by atoms with E-state index in [0.29, 0.717) is 13.1 Å². The molecule has 19 heavy (non-hydrogen) atoms. The van der Waals surface area contributed by atoms with E-state index in [2.05, 4.69) is 21.2 Å². The van der Waals surface area contributed by atoms with Crippen LogP contribution in [0.15, 0.2) is 22.7 Å². The number of aryl methyl sites for hydroxylation is 1. The van der Waals surface area contributed by atoms with Gasteiger partial charge < -0.3 is 15.3 Å². The van der Waals surface area contributed by atoms with Crippen molar-refractivity contribution in [2.45, 2.75) is 26.4 Å². The molecule has 2 unspecified atom stereocenters. The highest BCUT2D eigenvalue weighted by Gasteiger charge is 2.27. The predicted octanol–water partition coefficient (Wildman–Crippen LogP) is 2.99. The second kappa shape index (κ2) is 5.92. The lowest BCUT2D eigenvalue weighted by Gasteiger charge is -2.34. The van der Waals surface area contributed by atoms with E-state index in [4.69, 9.17) is 0 Å². The Hall–Kier alpha value is -1.07. The Kier molecular flexibility index (Phi) is 4.47. The molecule has 1 saturated heterocycles. The van der Waals surface area contributed by atoms with Crippen LogP contribution in [0.4, 0.5) is 10.5 Å². The third-order valence-corrected chi connectivity index (χ3v) is 4.13. The lowest BCUT2D eigenvalue weighted by molar-refractivity contribution is 0.0464. The molecular formula is C14H19BrN2O2. The quantitative estimate of drug-likeness (QED) is 0.833. The highest BCUT2D eigenvalue weighted by molar-refractivity contribution is 9.10. The minimum atomic E-state index is -0.425. The normalized spacial score (nSPS) is 23.3. The Morgan fingerprint density at radius 1 is 1.53 bits per heavy atom. The van der Waals surface area contributed by atoms with Crippen LogP contribution in [0.3, 0.4) is 0 Å². The van der Waals surface area contributed by atoms with Crippen molar-refractivity contribution in [1.82, 2.24) is 4.90 Å². The number of benzene rings is 1. The van der Waals surface area contributed by atoms with Gasteiger partial charge in [-0.2, -0.15) is 0 Å². The Bertz CT molecular complexity index is 479. The van der Waals surface area contributed by atoms with Crippen LogP contribution in [0, 0.1) is 12.8 Å². The first kappa shape index (κ1) is 14.3. The smallest absolute Gasteiger partial charge is 0.321 e. The van der Waals surface area contributed by atoms with E-state index in [1.165, 1.54) is 0 Å². The number of urea groups is 1. The van der Waals surface area contributed by atoms with Gasteiger partial charge in [0.25, 0.3) is 0 Å². The van der Waals surface area contributed by atoms with Crippen LogP contribution in [-0.2, 0) is 0 Å². The first-order chi connectivity index (χ1) is 8.97. The zero-order chi connectivity index (χ0) is 14.0. The topological polar surface area (TPSA) is 52.6 Å². The maximum absolute atomic E-state index is 12.1. The molecule has 2 amide bonds. The number of nitrogens with zero attached hydrogens (tertiary/aromatic N) is 1. The molecule has 2 atom stereocenters. The fourth-order valence-corrected chi connectivity index (χ4v) is 2.67. The Labute approximate surface area is 121 Å². The van der Waals surface area contributed by atoms with Crippen LogP contribution in [-0.4, -0.2) is 35.2 Å². The molecule has 5 heteroatoms. The van der Waals surface area contributed by atoms with Gasteiger partial charge in [-0.15, -0.1) is 0 Å². The molecule has 4 nitrogen and oxygen atoms in total. The largest absolute Gasteiger partial charge is 0.391 e. The lowest BCUT2D eigenvalue weighted by atomic mass is 9.96. The Morgan fingerprint density at radius 3 is 2.89 bits per heavy atom. The predicted molar refractivity (Wildman–Crippen MR) is 79.3 cm³/mol. The molecule has 0 radical (unpaired) electrons. The number of rotatable bonds is 1. The molecule has 1 aromatic rings. The van der Waals surface area contributed by atoms with Crippen molar-refractivity contribution in [2.24, 2.45) is 5.92 Å². The molecule has 1 aliphatic rings. The number of hydrogen-bond acceptors (Lipinski definition) is 2. The second-order valence-electron chi connectivity index (χ2n) is 5.17. The Morgan fingerprint density at radius 2 is 2.26 bits per heavy atom. The van der Waals surface area contributed by atoms with Crippen LogP contribution < -0.4 is 5.32 Å². The van der Waals surface area contributed by atoms with Crippen molar-refractivity contribution in [3.63, 3.8) is 0 Å². The van der Waals surface area contributed by atoms with Crippen LogP contribution >= 0.6 is 15.9 Å². The molecule has 0 saturated carbocycles. The van der Waals surface area contributed by atoms with Gasteiger partial charge in [-0.05, 0) is 43.0 Å². The maximum Gasteiger partial charge on any atom is 0.321 e.